The zero-order chi connectivity index (χ0) is 16.6. The van der Waals surface area contributed by atoms with Gasteiger partial charge in [0.25, 0.3) is 0 Å². The summed E-state index contributed by atoms with van der Waals surface area (Å²) in [5, 5.41) is 7.27. The fourth-order valence-corrected chi connectivity index (χ4v) is 7.64. The summed E-state index contributed by atoms with van der Waals surface area (Å²) in [6.07, 6.45) is 4.03. The van der Waals surface area contributed by atoms with E-state index >= 15 is 0 Å². The van der Waals surface area contributed by atoms with E-state index in [0.29, 0.717) is 5.66 Å². The van der Waals surface area contributed by atoms with E-state index in [0.717, 1.165) is 0 Å². The summed E-state index contributed by atoms with van der Waals surface area (Å²) in [5.74, 6) is 0. The Morgan fingerprint density at radius 1 is 0.640 bits per heavy atom. The lowest BCUT2D eigenvalue weighted by molar-refractivity contribution is 0.832. The van der Waals surface area contributed by atoms with Gasteiger partial charge in [0.15, 0.2) is 0 Å². The molecular weight excluding hydrogens is 319 g/mol. The van der Waals surface area contributed by atoms with E-state index in [1.54, 1.807) is 10.9 Å². The van der Waals surface area contributed by atoms with Gasteiger partial charge in [-0.3, -0.25) is 0 Å². The van der Waals surface area contributed by atoms with Crippen molar-refractivity contribution in [1.29, 1.82) is 0 Å². The van der Waals surface area contributed by atoms with E-state index in [1.165, 1.54) is 40.5 Å². The van der Waals surface area contributed by atoms with Gasteiger partial charge in [0.05, 0.1) is 0 Å². The number of hydrogen-bond donors (Lipinski definition) is 0. The molecular formula is C24H21P. The molecule has 0 bridgehead atoms. The Kier molecular flexibility index (Phi) is 3.80. The molecule has 0 aromatic heterocycles. The van der Waals surface area contributed by atoms with Gasteiger partial charge in [-0.25, -0.2) is 0 Å². The number of fused-ring (bicyclic) bond motifs is 2. The molecule has 0 nitrogen and oxygen atoms in total. The van der Waals surface area contributed by atoms with Crippen LogP contribution in [0.2, 0.25) is 0 Å². The minimum atomic E-state index is -0.153. The second kappa shape index (κ2) is 6.28. The molecule has 1 saturated heterocycles. The van der Waals surface area contributed by atoms with Crippen molar-refractivity contribution < 1.29 is 0 Å². The largest absolute Gasteiger partial charge is 0.0670 e. The first kappa shape index (κ1) is 15.1. The van der Waals surface area contributed by atoms with E-state index in [9.17, 15) is 0 Å². The average Bonchev–Trinajstić information content (AvgIpc) is 3.16. The van der Waals surface area contributed by atoms with Crippen molar-refractivity contribution in [2.75, 3.05) is 6.16 Å². The molecule has 0 amide bonds. The highest BCUT2D eigenvalue weighted by molar-refractivity contribution is 7.66. The van der Waals surface area contributed by atoms with Gasteiger partial charge in [0.1, 0.15) is 0 Å². The highest BCUT2D eigenvalue weighted by atomic mass is 31.1. The molecule has 1 aliphatic heterocycles. The predicted octanol–water partition coefficient (Wildman–Crippen LogP) is 6.64. The van der Waals surface area contributed by atoms with Crippen LogP contribution in [0, 0.1) is 0 Å². The fraction of sp³-hybridized carbons (Fsp3) is 0.167. The lowest BCUT2D eigenvalue weighted by atomic mass is 10.0. The zero-order valence-electron chi connectivity index (χ0n) is 14.2. The molecule has 0 saturated carbocycles. The van der Waals surface area contributed by atoms with Crippen LogP contribution < -0.4 is 5.30 Å². The van der Waals surface area contributed by atoms with Crippen molar-refractivity contribution >= 4 is 34.8 Å². The molecule has 2 unspecified atom stereocenters. The van der Waals surface area contributed by atoms with Crippen molar-refractivity contribution in [3.8, 4) is 0 Å². The lowest BCUT2D eigenvalue weighted by Crippen LogP contribution is -2.07. The van der Waals surface area contributed by atoms with E-state index in [1.807, 2.05) is 0 Å². The van der Waals surface area contributed by atoms with Crippen LogP contribution in [0.1, 0.15) is 24.1 Å². The first-order chi connectivity index (χ1) is 12.4. The van der Waals surface area contributed by atoms with Crippen LogP contribution >= 0.6 is 7.92 Å². The fourth-order valence-electron chi connectivity index (χ4n) is 4.38. The normalized spacial score (nSPS) is 20.3. The second-order valence-corrected chi connectivity index (χ2v) is 9.41. The van der Waals surface area contributed by atoms with Crippen molar-refractivity contribution in [2.45, 2.75) is 18.5 Å². The molecule has 0 radical (unpaired) electrons. The van der Waals surface area contributed by atoms with Gasteiger partial charge in [-0.05, 0) is 51.4 Å². The Morgan fingerprint density at radius 3 is 2.12 bits per heavy atom. The third-order valence-corrected chi connectivity index (χ3v) is 8.61. The van der Waals surface area contributed by atoms with E-state index in [4.69, 9.17) is 0 Å². The smallest absolute Gasteiger partial charge is 0.00884 e. The number of benzene rings is 4. The molecule has 2 atom stereocenters. The summed E-state index contributed by atoms with van der Waals surface area (Å²) in [6, 6.07) is 31.5. The maximum absolute atomic E-state index is 2.39. The van der Waals surface area contributed by atoms with E-state index in [2.05, 4.69) is 84.9 Å². The first-order valence-electron chi connectivity index (χ1n) is 9.14. The molecule has 1 heteroatoms. The van der Waals surface area contributed by atoms with Crippen LogP contribution in [0.4, 0.5) is 0 Å². The van der Waals surface area contributed by atoms with E-state index in [-0.39, 0.29) is 7.92 Å². The third kappa shape index (κ3) is 2.57. The van der Waals surface area contributed by atoms with Gasteiger partial charge >= 0.3 is 0 Å². The van der Waals surface area contributed by atoms with Crippen LogP contribution in [0.25, 0.3) is 21.5 Å². The SMILES string of the molecule is c1ccc2c(C3CCCP3c3cccc4ccccc34)cccc2c1. The van der Waals surface area contributed by atoms with Crippen molar-refractivity contribution in [1.82, 2.24) is 0 Å². The predicted molar refractivity (Wildman–Crippen MR) is 111 cm³/mol. The van der Waals surface area contributed by atoms with Gasteiger partial charge in [-0.1, -0.05) is 92.9 Å². The number of rotatable bonds is 2. The standard InChI is InChI=1S/C24H21P/c1-3-12-20-18(8-1)10-5-14-22(20)24-16-7-17-25(24)23-15-6-11-19-9-2-4-13-21(19)23/h1-6,8-15,24H,7,16-17H2. The summed E-state index contributed by atoms with van der Waals surface area (Å²) in [5.41, 5.74) is 2.25. The van der Waals surface area contributed by atoms with Crippen LogP contribution in [-0.4, -0.2) is 6.16 Å². The van der Waals surface area contributed by atoms with Crippen molar-refractivity contribution in [2.24, 2.45) is 0 Å². The van der Waals surface area contributed by atoms with Crippen molar-refractivity contribution in [3.05, 3.63) is 90.5 Å². The maximum atomic E-state index is 2.39. The first-order valence-corrected chi connectivity index (χ1v) is 10.7. The molecule has 25 heavy (non-hydrogen) atoms. The molecule has 0 aliphatic carbocycles. The molecule has 5 rings (SSSR count). The lowest BCUT2D eigenvalue weighted by Gasteiger charge is -2.24. The van der Waals surface area contributed by atoms with Gasteiger partial charge in [0, 0.05) is 5.66 Å². The van der Waals surface area contributed by atoms with Crippen LogP contribution in [0.15, 0.2) is 84.9 Å². The molecule has 1 fully saturated rings. The molecule has 0 spiro atoms. The molecule has 4 aromatic rings. The van der Waals surface area contributed by atoms with Crippen LogP contribution in [0.5, 0.6) is 0 Å². The molecule has 1 heterocycles. The van der Waals surface area contributed by atoms with E-state index < -0.39 is 0 Å². The van der Waals surface area contributed by atoms with Gasteiger partial charge in [-0.2, -0.15) is 0 Å². The summed E-state index contributed by atoms with van der Waals surface area (Å²) in [4.78, 5) is 0. The Labute approximate surface area is 150 Å². The molecule has 0 N–H and O–H groups in total. The maximum Gasteiger partial charge on any atom is 0.00884 e. The molecule has 122 valence electrons. The Bertz CT molecular complexity index is 954. The summed E-state index contributed by atoms with van der Waals surface area (Å²) < 4.78 is 0. The topological polar surface area (TPSA) is 0 Å². The van der Waals surface area contributed by atoms with Gasteiger partial charge in [-0.15, -0.1) is 0 Å². The van der Waals surface area contributed by atoms with Crippen molar-refractivity contribution in [3.63, 3.8) is 0 Å². The minimum Gasteiger partial charge on any atom is -0.0670 e. The Morgan fingerprint density at radius 2 is 1.28 bits per heavy atom. The highest BCUT2D eigenvalue weighted by Crippen LogP contribution is 2.60. The minimum absolute atomic E-state index is 0.153. The second-order valence-electron chi connectivity index (χ2n) is 6.92. The molecule has 1 aliphatic rings. The quantitative estimate of drug-likeness (QED) is 0.359. The van der Waals surface area contributed by atoms with Gasteiger partial charge < -0.3 is 0 Å². The van der Waals surface area contributed by atoms with Crippen LogP contribution in [-0.2, 0) is 0 Å². The highest BCUT2D eigenvalue weighted by Gasteiger charge is 2.31. The summed E-state index contributed by atoms with van der Waals surface area (Å²) in [6.45, 7) is 0. The summed E-state index contributed by atoms with van der Waals surface area (Å²) in [7, 11) is -0.153. The Hall–Kier alpha value is -2.17. The molecule has 4 aromatic carbocycles. The zero-order valence-corrected chi connectivity index (χ0v) is 15.1. The number of hydrogen-bond acceptors (Lipinski definition) is 0. The monoisotopic (exact) mass is 340 g/mol. The van der Waals surface area contributed by atoms with Crippen LogP contribution in [0.3, 0.4) is 0 Å². The third-order valence-electron chi connectivity index (χ3n) is 5.51. The summed E-state index contributed by atoms with van der Waals surface area (Å²) >= 11 is 0. The Balaban J connectivity index is 1.67. The van der Waals surface area contributed by atoms with Gasteiger partial charge in [0.2, 0.25) is 0 Å². The average molecular weight is 340 g/mol.